The molecule has 1 aliphatic rings. The first kappa shape index (κ1) is 17.5. The van der Waals surface area contributed by atoms with Crippen LogP contribution >= 0.6 is 11.8 Å². The van der Waals surface area contributed by atoms with E-state index in [2.05, 4.69) is 34.6 Å². The second kappa shape index (κ2) is 8.16. The summed E-state index contributed by atoms with van der Waals surface area (Å²) in [5.41, 5.74) is 9.68. The van der Waals surface area contributed by atoms with E-state index < -0.39 is 0 Å². The van der Waals surface area contributed by atoms with Crippen molar-refractivity contribution in [2.24, 2.45) is 10.7 Å². The minimum Gasteiger partial charge on any atom is -0.493 e. The highest BCUT2D eigenvalue weighted by molar-refractivity contribution is 7.99. The van der Waals surface area contributed by atoms with Gasteiger partial charge in [-0.1, -0.05) is 24.3 Å². The predicted molar refractivity (Wildman–Crippen MR) is 105 cm³/mol. The van der Waals surface area contributed by atoms with Gasteiger partial charge in [-0.2, -0.15) is 11.8 Å². The van der Waals surface area contributed by atoms with E-state index in [1.165, 1.54) is 11.1 Å². The summed E-state index contributed by atoms with van der Waals surface area (Å²) < 4.78 is 10.5. The molecule has 1 atom stereocenters. The first-order chi connectivity index (χ1) is 12.2. The van der Waals surface area contributed by atoms with Crippen molar-refractivity contribution < 1.29 is 9.47 Å². The summed E-state index contributed by atoms with van der Waals surface area (Å²) in [4.78, 5) is 4.53. The van der Waals surface area contributed by atoms with E-state index in [0.29, 0.717) is 29.3 Å². The number of guanidine groups is 1. The van der Waals surface area contributed by atoms with Crippen molar-refractivity contribution in [2.45, 2.75) is 11.7 Å². The Hall–Kier alpha value is -2.34. The van der Waals surface area contributed by atoms with Gasteiger partial charge in [0.2, 0.25) is 0 Å². The Morgan fingerprint density at radius 2 is 2.00 bits per heavy atom. The summed E-state index contributed by atoms with van der Waals surface area (Å²) in [5, 5.41) is 3.47. The predicted octanol–water partition coefficient (Wildman–Crippen LogP) is 3.46. The molecule has 5 nitrogen and oxygen atoms in total. The number of methoxy groups -OCH3 is 2. The largest absolute Gasteiger partial charge is 0.493 e. The van der Waals surface area contributed by atoms with Gasteiger partial charge in [-0.15, -0.1) is 0 Å². The fourth-order valence-electron chi connectivity index (χ4n) is 2.91. The van der Waals surface area contributed by atoms with Crippen molar-refractivity contribution in [1.82, 2.24) is 0 Å². The molecular formula is C19H23N3O2S. The number of ether oxygens (including phenoxy) is 2. The van der Waals surface area contributed by atoms with E-state index in [1.54, 1.807) is 14.2 Å². The summed E-state index contributed by atoms with van der Waals surface area (Å²) in [7, 11) is 3.22. The maximum Gasteiger partial charge on any atom is 0.193 e. The van der Waals surface area contributed by atoms with Gasteiger partial charge in [0.05, 0.1) is 20.8 Å². The highest BCUT2D eigenvalue weighted by Gasteiger charge is 2.19. The molecule has 0 aromatic heterocycles. The molecule has 0 bridgehead atoms. The highest BCUT2D eigenvalue weighted by Crippen LogP contribution is 2.36. The SMILES string of the molecule is COc1ccc(NC(N)=NCC2SCCc3ccccc32)cc1OC. The minimum atomic E-state index is 0.357. The second-order valence-corrected chi connectivity index (χ2v) is 7.04. The molecule has 1 aliphatic heterocycles. The van der Waals surface area contributed by atoms with E-state index in [1.807, 2.05) is 30.0 Å². The van der Waals surface area contributed by atoms with Crippen LogP contribution in [0.2, 0.25) is 0 Å². The number of aryl methyl sites for hydroxylation is 1. The Balaban J connectivity index is 1.67. The van der Waals surface area contributed by atoms with Crippen LogP contribution in [0.1, 0.15) is 16.4 Å². The molecule has 3 N–H and O–H groups in total. The number of nitrogens with two attached hydrogens (primary N) is 1. The number of anilines is 1. The number of fused-ring (bicyclic) bond motifs is 1. The molecule has 2 aromatic rings. The number of nitrogens with one attached hydrogen (secondary N) is 1. The van der Waals surface area contributed by atoms with Crippen LogP contribution in [0.3, 0.4) is 0 Å². The van der Waals surface area contributed by atoms with Crippen LogP contribution in [0.25, 0.3) is 0 Å². The normalized spacial score (nSPS) is 16.9. The zero-order chi connectivity index (χ0) is 17.6. The number of benzene rings is 2. The molecule has 0 aliphatic carbocycles. The summed E-state index contributed by atoms with van der Waals surface area (Å²) in [6.45, 7) is 0.661. The zero-order valence-corrected chi connectivity index (χ0v) is 15.3. The third-order valence-corrected chi connectivity index (χ3v) is 5.42. The maximum absolute atomic E-state index is 6.06. The smallest absolute Gasteiger partial charge is 0.193 e. The first-order valence-corrected chi connectivity index (χ1v) is 9.24. The highest BCUT2D eigenvalue weighted by atomic mass is 32.2. The number of thioether (sulfide) groups is 1. The number of hydrogen-bond donors (Lipinski definition) is 2. The van der Waals surface area contributed by atoms with Crippen molar-refractivity contribution in [1.29, 1.82) is 0 Å². The molecule has 0 saturated heterocycles. The molecule has 0 amide bonds. The van der Waals surface area contributed by atoms with Crippen molar-refractivity contribution in [3.05, 3.63) is 53.6 Å². The van der Waals surface area contributed by atoms with Gasteiger partial charge >= 0.3 is 0 Å². The van der Waals surface area contributed by atoms with Gasteiger partial charge in [-0.05, 0) is 35.4 Å². The molecule has 1 heterocycles. The van der Waals surface area contributed by atoms with Gasteiger partial charge in [0.25, 0.3) is 0 Å². The van der Waals surface area contributed by atoms with Gasteiger partial charge < -0.3 is 20.5 Å². The fourth-order valence-corrected chi connectivity index (χ4v) is 4.12. The van der Waals surface area contributed by atoms with E-state index in [0.717, 1.165) is 17.9 Å². The lowest BCUT2D eigenvalue weighted by Gasteiger charge is -2.23. The van der Waals surface area contributed by atoms with Crippen LogP contribution in [-0.4, -0.2) is 32.5 Å². The van der Waals surface area contributed by atoms with Gasteiger partial charge in [0.1, 0.15) is 0 Å². The molecule has 6 heteroatoms. The lowest BCUT2D eigenvalue weighted by molar-refractivity contribution is 0.355. The van der Waals surface area contributed by atoms with E-state index in [4.69, 9.17) is 15.2 Å². The maximum atomic E-state index is 6.06. The van der Waals surface area contributed by atoms with Gasteiger partial charge in [-0.25, -0.2) is 0 Å². The first-order valence-electron chi connectivity index (χ1n) is 8.19. The summed E-state index contributed by atoms with van der Waals surface area (Å²) in [5.74, 6) is 2.85. The Kier molecular flexibility index (Phi) is 5.71. The number of hydrogen-bond acceptors (Lipinski definition) is 4. The number of nitrogens with zero attached hydrogens (tertiary/aromatic N) is 1. The minimum absolute atomic E-state index is 0.357. The van der Waals surface area contributed by atoms with Crippen molar-refractivity contribution in [3.63, 3.8) is 0 Å². The third kappa shape index (κ3) is 4.20. The average molecular weight is 357 g/mol. The standard InChI is InChI=1S/C19H23N3O2S/c1-23-16-8-7-14(11-17(16)24-2)22-19(20)21-12-18-15-6-4-3-5-13(15)9-10-25-18/h3-8,11,18H,9-10,12H2,1-2H3,(H3,20,21,22). The van der Waals surface area contributed by atoms with Crippen molar-refractivity contribution in [2.75, 3.05) is 31.8 Å². The van der Waals surface area contributed by atoms with Crippen LogP contribution in [-0.2, 0) is 6.42 Å². The monoisotopic (exact) mass is 357 g/mol. The lowest BCUT2D eigenvalue weighted by atomic mass is 10.0. The van der Waals surface area contributed by atoms with Gasteiger partial charge in [0.15, 0.2) is 17.5 Å². The third-order valence-electron chi connectivity index (χ3n) is 4.18. The zero-order valence-electron chi connectivity index (χ0n) is 14.5. The van der Waals surface area contributed by atoms with Crippen LogP contribution in [0, 0.1) is 0 Å². The molecule has 25 heavy (non-hydrogen) atoms. The molecule has 0 radical (unpaired) electrons. The van der Waals surface area contributed by atoms with Gasteiger partial charge in [-0.3, -0.25) is 4.99 Å². The summed E-state index contributed by atoms with van der Waals surface area (Å²) in [6, 6.07) is 14.1. The quantitative estimate of drug-likeness (QED) is 0.633. The number of aliphatic imine (C=N–C) groups is 1. The molecule has 0 saturated carbocycles. The topological polar surface area (TPSA) is 68.9 Å². The van der Waals surface area contributed by atoms with Crippen LogP contribution in [0.15, 0.2) is 47.5 Å². The average Bonchev–Trinajstić information content (AvgIpc) is 2.66. The van der Waals surface area contributed by atoms with Crippen molar-refractivity contribution >= 4 is 23.4 Å². The molecule has 0 spiro atoms. The van der Waals surface area contributed by atoms with Crippen LogP contribution in [0.4, 0.5) is 5.69 Å². The van der Waals surface area contributed by atoms with Crippen LogP contribution in [0.5, 0.6) is 11.5 Å². The van der Waals surface area contributed by atoms with Gasteiger partial charge in [0, 0.05) is 17.0 Å². The lowest BCUT2D eigenvalue weighted by Crippen LogP contribution is -2.24. The fraction of sp³-hybridized carbons (Fsp3) is 0.316. The van der Waals surface area contributed by atoms with E-state index in [9.17, 15) is 0 Å². The molecule has 1 unspecified atom stereocenters. The van der Waals surface area contributed by atoms with E-state index in [-0.39, 0.29) is 0 Å². The molecule has 132 valence electrons. The Bertz CT molecular complexity index is 764. The summed E-state index contributed by atoms with van der Waals surface area (Å²) in [6.07, 6.45) is 1.13. The Morgan fingerprint density at radius 1 is 1.20 bits per heavy atom. The molecular weight excluding hydrogens is 334 g/mol. The Labute approximate surface area is 152 Å². The number of rotatable bonds is 5. The second-order valence-electron chi connectivity index (χ2n) is 5.73. The van der Waals surface area contributed by atoms with Crippen LogP contribution < -0.4 is 20.5 Å². The summed E-state index contributed by atoms with van der Waals surface area (Å²) >= 11 is 1.94. The van der Waals surface area contributed by atoms with Crippen molar-refractivity contribution in [3.8, 4) is 11.5 Å². The molecule has 2 aromatic carbocycles. The Morgan fingerprint density at radius 3 is 2.80 bits per heavy atom. The van der Waals surface area contributed by atoms with E-state index >= 15 is 0 Å². The molecule has 3 rings (SSSR count). The molecule has 0 fully saturated rings.